The average molecular weight is 272 g/mol. The van der Waals surface area contributed by atoms with Crippen molar-refractivity contribution >= 4 is 17.7 Å². The number of amides is 1. The largest absolute Gasteiger partial charge is 0.376 e. The van der Waals surface area contributed by atoms with Crippen LogP contribution < -0.4 is 11.0 Å². The minimum atomic E-state index is -0.280. The predicted octanol–water partition coefficient (Wildman–Crippen LogP) is -0.504. The molecule has 1 atom stereocenters. The van der Waals surface area contributed by atoms with Crippen molar-refractivity contribution in [3.8, 4) is 0 Å². The number of hydrogen-bond acceptors (Lipinski definition) is 5. The third kappa shape index (κ3) is 3.36. The Morgan fingerprint density at radius 2 is 2.56 bits per heavy atom. The molecule has 0 bridgehead atoms. The zero-order valence-electron chi connectivity index (χ0n) is 10.1. The summed E-state index contributed by atoms with van der Waals surface area (Å²) in [6.45, 7) is 1.34. The summed E-state index contributed by atoms with van der Waals surface area (Å²) in [6, 6.07) is 0. The quantitative estimate of drug-likeness (QED) is 0.705. The van der Waals surface area contributed by atoms with Crippen molar-refractivity contribution in [3.05, 3.63) is 10.5 Å². The minimum absolute atomic E-state index is 0.0778. The molecule has 0 aromatic carbocycles. The molecular weight excluding hydrogens is 256 g/mol. The third-order valence-electron chi connectivity index (χ3n) is 2.72. The summed E-state index contributed by atoms with van der Waals surface area (Å²) in [5.74, 6) is 0.163. The molecule has 0 unspecified atom stereocenters. The average Bonchev–Trinajstić information content (AvgIpc) is 2.97. The lowest BCUT2D eigenvalue weighted by molar-refractivity contribution is -0.119. The van der Waals surface area contributed by atoms with Crippen LogP contribution in [0.2, 0.25) is 0 Å². The molecule has 1 amide bonds. The summed E-state index contributed by atoms with van der Waals surface area (Å²) in [5.41, 5.74) is -0.280. The topological polar surface area (TPSA) is 89.0 Å². The van der Waals surface area contributed by atoms with E-state index in [0.717, 1.165) is 19.4 Å². The molecule has 0 aliphatic carbocycles. The van der Waals surface area contributed by atoms with Crippen LogP contribution in [0, 0.1) is 0 Å². The SMILES string of the molecule is Cn1c(SCC(=O)NC[C@@H]2CCCO2)n[nH]c1=O. The van der Waals surface area contributed by atoms with E-state index in [1.165, 1.54) is 16.3 Å². The Hall–Kier alpha value is -1.28. The van der Waals surface area contributed by atoms with Gasteiger partial charge in [0.2, 0.25) is 5.91 Å². The minimum Gasteiger partial charge on any atom is -0.376 e. The second kappa shape index (κ2) is 6.05. The number of carbonyl (C=O) groups excluding carboxylic acids is 1. The highest BCUT2D eigenvalue weighted by Gasteiger charge is 2.16. The molecule has 1 fully saturated rings. The first kappa shape index (κ1) is 13.2. The molecule has 2 N–H and O–H groups in total. The Balaban J connectivity index is 1.71. The normalized spacial score (nSPS) is 19.1. The summed E-state index contributed by atoms with van der Waals surface area (Å²) in [5, 5.41) is 9.45. The number of aromatic nitrogens is 3. The van der Waals surface area contributed by atoms with Gasteiger partial charge < -0.3 is 10.1 Å². The highest BCUT2D eigenvalue weighted by Crippen LogP contribution is 2.12. The molecule has 100 valence electrons. The Kier molecular flexibility index (Phi) is 4.43. The van der Waals surface area contributed by atoms with Crippen molar-refractivity contribution in [2.45, 2.75) is 24.1 Å². The lowest BCUT2D eigenvalue weighted by Crippen LogP contribution is -2.33. The fourth-order valence-corrected chi connectivity index (χ4v) is 2.42. The first-order chi connectivity index (χ1) is 8.66. The maximum Gasteiger partial charge on any atom is 0.343 e. The molecule has 0 spiro atoms. The maximum absolute atomic E-state index is 11.6. The van der Waals surface area contributed by atoms with Gasteiger partial charge in [-0.1, -0.05) is 11.8 Å². The molecule has 1 aromatic rings. The Labute approximate surface area is 108 Å². The van der Waals surface area contributed by atoms with E-state index in [0.29, 0.717) is 11.7 Å². The molecule has 1 aliphatic rings. The van der Waals surface area contributed by atoms with Crippen LogP contribution in [-0.2, 0) is 16.6 Å². The molecule has 8 heteroatoms. The number of ether oxygens (including phenoxy) is 1. The van der Waals surface area contributed by atoms with Gasteiger partial charge in [0, 0.05) is 20.2 Å². The smallest absolute Gasteiger partial charge is 0.343 e. The Bertz CT molecular complexity index is 464. The van der Waals surface area contributed by atoms with Crippen LogP contribution >= 0.6 is 11.8 Å². The van der Waals surface area contributed by atoms with Crippen molar-refractivity contribution in [1.29, 1.82) is 0 Å². The van der Waals surface area contributed by atoms with E-state index < -0.39 is 0 Å². The number of nitrogens with one attached hydrogen (secondary N) is 2. The van der Waals surface area contributed by atoms with Crippen LogP contribution in [0.1, 0.15) is 12.8 Å². The monoisotopic (exact) mass is 272 g/mol. The van der Waals surface area contributed by atoms with Crippen molar-refractivity contribution in [2.24, 2.45) is 7.05 Å². The van der Waals surface area contributed by atoms with Crippen LogP contribution in [0.25, 0.3) is 0 Å². The van der Waals surface area contributed by atoms with Gasteiger partial charge >= 0.3 is 5.69 Å². The summed E-state index contributed by atoms with van der Waals surface area (Å²) < 4.78 is 6.78. The molecule has 2 heterocycles. The number of thioether (sulfide) groups is 1. The number of rotatable bonds is 5. The van der Waals surface area contributed by atoms with Crippen LogP contribution in [0.5, 0.6) is 0 Å². The molecular formula is C10H16N4O3S. The van der Waals surface area contributed by atoms with E-state index in [1.807, 2.05) is 0 Å². The van der Waals surface area contributed by atoms with Gasteiger partial charge in [0.25, 0.3) is 0 Å². The van der Waals surface area contributed by atoms with Crippen LogP contribution in [0.3, 0.4) is 0 Å². The van der Waals surface area contributed by atoms with Gasteiger partial charge in [0.05, 0.1) is 11.9 Å². The van der Waals surface area contributed by atoms with Crippen molar-refractivity contribution in [2.75, 3.05) is 18.9 Å². The second-order valence-electron chi connectivity index (χ2n) is 4.10. The predicted molar refractivity (Wildman–Crippen MR) is 66.5 cm³/mol. The second-order valence-corrected chi connectivity index (χ2v) is 5.04. The zero-order valence-corrected chi connectivity index (χ0v) is 11.0. The third-order valence-corrected chi connectivity index (χ3v) is 3.75. The molecule has 18 heavy (non-hydrogen) atoms. The number of aromatic amines is 1. The maximum atomic E-state index is 11.6. The number of nitrogens with zero attached hydrogens (tertiary/aromatic N) is 2. The zero-order chi connectivity index (χ0) is 13.0. The molecule has 2 rings (SSSR count). The van der Waals surface area contributed by atoms with Gasteiger partial charge in [0.1, 0.15) is 0 Å². The standard InChI is InChI=1S/C10H16N4O3S/c1-14-9(16)12-13-10(14)18-6-8(15)11-5-7-3-2-4-17-7/h7H,2-6H2,1H3,(H,11,15)(H,12,16)/t7-/m0/s1. The van der Waals surface area contributed by atoms with Gasteiger partial charge in [-0.05, 0) is 12.8 Å². The first-order valence-electron chi connectivity index (χ1n) is 5.79. The van der Waals surface area contributed by atoms with E-state index in [2.05, 4.69) is 15.5 Å². The van der Waals surface area contributed by atoms with E-state index >= 15 is 0 Å². The molecule has 0 radical (unpaired) electrons. The molecule has 1 aromatic heterocycles. The number of carbonyl (C=O) groups is 1. The van der Waals surface area contributed by atoms with Crippen LogP contribution in [-0.4, -0.2) is 45.7 Å². The van der Waals surface area contributed by atoms with Crippen molar-refractivity contribution in [3.63, 3.8) is 0 Å². The Morgan fingerprint density at radius 3 is 3.17 bits per heavy atom. The number of H-pyrrole nitrogens is 1. The van der Waals surface area contributed by atoms with E-state index in [-0.39, 0.29) is 23.5 Å². The number of hydrogen-bond donors (Lipinski definition) is 2. The first-order valence-corrected chi connectivity index (χ1v) is 6.78. The van der Waals surface area contributed by atoms with Gasteiger partial charge in [-0.3, -0.25) is 9.36 Å². The van der Waals surface area contributed by atoms with E-state index in [9.17, 15) is 9.59 Å². The van der Waals surface area contributed by atoms with Gasteiger partial charge in [-0.25, -0.2) is 9.89 Å². The van der Waals surface area contributed by atoms with Crippen LogP contribution in [0.15, 0.2) is 9.95 Å². The highest BCUT2D eigenvalue weighted by atomic mass is 32.2. The molecule has 0 saturated carbocycles. The highest BCUT2D eigenvalue weighted by molar-refractivity contribution is 7.99. The van der Waals surface area contributed by atoms with E-state index in [1.54, 1.807) is 7.05 Å². The van der Waals surface area contributed by atoms with E-state index in [4.69, 9.17) is 4.74 Å². The summed E-state index contributed by atoms with van der Waals surface area (Å²) in [6.07, 6.45) is 2.21. The molecule has 1 aliphatic heterocycles. The molecule has 1 saturated heterocycles. The van der Waals surface area contributed by atoms with Crippen LogP contribution in [0.4, 0.5) is 0 Å². The summed E-state index contributed by atoms with van der Waals surface area (Å²) in [4.78, 5) is 22.7. The fourth-order valence-electron chi connectivity index (χ4n) is 1.68. The lowest BCUT2D eigenvalue weighted by atomic mass is 10.2. The fraction of sp³-hybridized carbons (Fsp3) is 0.700. The van der Waals surface area contributed by atoms with Gasteiger partial charge in [-0.15, -0.1) is 5.10 Å². The Morgan fingerprint density at radius 1 is 1.72 bits per heavy atom. The summed E-state index contributed by atoms with van der Waals surface area (Å²) in [7, 11) is 1.61. The van der Waals surface area contributed by atoms with Gasteiger partial charge in [-0.2, -0.15) is 0 Å². The molecule has 7 nitrogen and oxygen atoms in total. The van der Waals surface area contributed by atoms with Gasteiger partial charge in [0.15, 0.2) is 5.16 Å². The van der Waals surface area contributed by atoms with Crippen molar-refractivity contribution in [1.82, 2.24) is 20.1 Å². The lowest BCUT2D eigenvalue weighted by Gasteiger charge is -2.10. The summed E-state index contributed by atoms with van der Waals surface area (Å²) >= 11 is 1.23. The van der Waals surface area contributed by atoms with Crippen molar-refractivity contribution < 1.29 is 9.53 Å².